The second-order valence-corrected chi connectivity index (χ2v) is 4.87. The van der Waals surface area contributed by atoms with Gasteiger partial charge in [-0.1, -0.05) is 13.3 Å². The first-order valence-corrected chi connectivity index (χ1v) is 6.43. The zero-order valence-corrected chi connectivity index (χ0v) is 10.6. The van der Waals surface area contributed by atoms with Gasteiger partial charge in [-0.15, -0.1) is 0 Å². The minimum atomic E-state index is -0.154. The Kier molecular flexibility index (Phi) is 3.75. The van der Waals surface area contributed by atoms with E-state index in [0.29, 0.717) is 5.92 Å². The van der Waals surface area contributed by atoms with Crippen LogP contribution in [0.4, 0.5) is 0 Å². The number of aromatic hydroxyl groups is 2. The molecule has 0 saturated carbocycles. The summed E-state index contributed by atoms with van der Waals surface area (Å²) in [7, 11) is 0. The number of phenolic OH excluding ortho intramolecular Hbond substituents is 2. The molecule has 1 amide bonds. The van der Waals surface area contributed by atoms with Gasteiger partial charge in [0, 0.05) is 19.2 Å². The second kappa shape index (κ2) is 5.29. The van der Waals surface area contributed by atoms with Gasteiger partial charge in [0.15, 0.2) is 0 Å². The first kappa shape index (κ1) is 12.7. The average molecular weight is 249 g/mol. The molecule has 1 aromatic carbocycles. The van der Waals surface area contributed by atoms with Crippen LogP contribution in [0.1, 0.15) is 36.5 Å². The van der Waals surface area contributed by atoms with Crippen LogP contribution in [0, 0.1) is 5.92 Å². The maximum absolute atomic E-state index is 12.3. The molecule has 1 heterocycles. The summed E-state index contributed by atoms with van der Waals surface area (Å²) in [5, 5.41) is 18.9. The van der Waals surface area contributed by atoms with Gasteiger partial charge in [-0.05, 0) is 30.9 Å². The van der Waals surface area contributed by atoms with E-state index in [1.54, 1.807) is 4.90 Å². The molecular weight excluding hydrogens is 230 g/mol. The molecule has 0 spiro atoms. The Hall–Kier alpha value is -1.71. The fourth-order valence-electron chi connectivity index (χ4n) is 2.45. The van der Waals surface area contributed by atoms with E-state index < -0.39 is 0 Å². The highest BCUT2D eigenvalue weighted by Crippen LogP contribution is 2.26. The van der Waals surface area contributed by atoms with Crippen LogP contribution in [0.15, 0.2) is 18.2 Å². The van der Waals surface area contributed by atoms with Crippen LogP contribution in [0.5, 0.6) is 11.5 Å². The molecule has 1 unspecified atom stereocenters. The maximum Gasteiger partial charge on any atom is 0.257 e. The highest BCUT2D eigenvalue weighted by molar-refractivity contribution is 5.97. The third-order valence-electron chi connectivity index (χ3n) is 3.60. The quantitative estimate of drug-likeness (QED) is 0.845. The van der Waals surface area contributed by atoms with E-state index in [1.165, 1.54) is 24.6 Å². The molecule has 1 atom stereocenters. The Bertz CT molecular complexity index is 445. The summed E-state index contributed by atoms with van der Waals surface area (Å²) in [6, 6.07) is 4.10. The number of nitrogens with zero attached hydrogens (tertiary/aromatic N) is 1. The van der Waals surface area contributed by atoms with Gasteiger partial charge < -0.3 is 15.1 Å². The lowest BCUT2D eigenvalue weighted by atomic mass is 9.95. The van der Waals surface area contributed by atoms with Crippen LogP contribution in [0.2, 0.25) is 0 Å². The summed E-state index contributed by atoms with van der Waals surface area (Å²) in [6.07, 6.45) is 3.26. The van der Waals surface area contributed by atoms with Gasteiger partial charge in [-0.2, -0.15) is 0 Å². The zero-order chi connectivity index (χ0) is 13.1. The van der Waals surface area contributed by atoms with Gasteiger partial charge in [0.1, 0.15) is 11.5 Å². The number of likely N-dealkylation sites (tertiary alicyclic amines) is 1. The summed E-state index contributed by atoms with van der Waals surface area (Å²) in [6.45, 7) is 3.64. The zero-order valence-electron chi connectivity index (χ0n) is 10.6. The fraction of sp³-hybridized carbons (Fsp3) is 0.500. The van der Waals surface area contributed by atoms with Crippen molar-refractivity contribution in [2.75, 3.05) is 13.1 Å². The number of carbonyl (C=O) groups excluding carboxylic acids is 1. The first-order valence-electron chi connectivity index (χ1n) is 6.43. The summed E-state index contributed by atoms with van der Waals surface area (Å²) in [4.78, 5) is 14.1. The lowest BCUT2D eigenvalue weighted by Gasteiger charge is -2.32. The predicted molar refractivity (Wildman–Crippen MR) is 68.7 cm³/mol. The molecule has 0 aliphatic carbocycles. The molecule has 1 saturated heterocycles. The van der Waals surface area contributed by atoms with Crippen LogP contribution < -0.4 is 0 Å². The van der Waals surface area contributed by atoms with Gasteiger partial charge >= 0.3 is 0 Å². The van der Waals surface area contributed by atoms with Crippen LogP contribution in [0.3, 0.4) is 0 Å². The second-order valence-electron chi connectivity index (χ2n) is 4.87. The van der Waals surface area contributed by atoms with E-state index in [4.69, 9.17) is 0 Å². The van der Waals surface area contributed by atoms with Crippen molar-refractivity contribution in [1.29, 1.82) is 0 Å². The minimum absolute atomic E-state index is 0.0332. The largest absolute Gasteiger partial charge is 0.508 e. The molecule has 1 aromatic rings. The van der Waals surface area contributed by atoms with Gasteiger partial charge in [-0.3, -0.25) is 4.79 Å². The number of piperidine rings is 1. The molecule has 1 fully saturated rings. The van der Waals surface area contributed by atoms with Crippen molar-refractivity contribution in [1.82, 2.24) is 4.90 Å². The number of hydrogen-bond acceptors (Lipinski definition) is 3. The molecule has 98 valence electrons. The van der Waals surface area contributed by atoms with E-state index in [2.05, 4.69) is 6.92 Å². The molecule has 1 aliphatic heterocycles. The molecule has 0 bridgehead atoms. The standard InChI is InChI=1S/C14H19NO3/c1-2-10-4-3-7-15(9-10)14(18)12-6-5-11(16)8-13(12)17/h5-6,8,10,16-17H,2-4,7,9H2,1H3. The summed E-state index contributed by atoms with van der Waals surface area (Å²) < 4.78 is 0. The number of phenols is 2. The molecule has 0 aromatic heterocycles. The van der Waals surface area contributed by atoms with Crippen molar-refractivity contribution in [2.24, 2.45) is 5.92 Å². The minimum Gasteiger partial charge on any atom is -0.508 e. The van der Waals surface area contributed by atoms with Crippen LogP contribution in [0.25, 0.3) is 0 Å². The number of hydrogen-bond donors (Lipinski definition) is 2. The number of rotatable bonds is 2. The van der Waals surface area contributed by atoms with Crippen molar-refractivity contribution < 1.29 is 15.0 Å². The van der Waals surface area contributed by atoms with Crippen molar-refractivity contribution in [2.45, 2.75) is 26.2 Å². The number of carbonyl (C=O) groups is 1. The average Bonchev–Trinajstić information content (AvgIpc) is 2.38. The molecule has 1 aliphatic rings. The van der Waals surface area contributed by atoms with Crippen LogP contribution >= 0.6 is 0 Å². The highest BCUT2D eigenvalue weighted by atomic mass is 16.3. The van der Waals surface area contributed by atoms with E-state index in [0.717, 1.165) is 25.9 Å². The number of benzene rings is 1. The van der Waals surface area contributed by atoms with E-state index in [1.807, 2.05) is 0 Å². The summed E-state index contributed by atoms with van der Waals surface area (Å²) in [5.41, 5.74) is 0.268. The summed E-state index contributed by atoms with van der Waals surface area (Å²) >= 11 is 0. The fourth-order valence-corrected chi connectivity index (χ4v) is 2.45. The smallest absolute Gasteiger partial charge is 0.257 e. The lowest BCUT2D eigenvalue weighted by molar-refractivity contribution is 0.0668. The highest BCUT2D eigenvalue weighted by Gasteiger charge is 2.25. The lowest BCUT2D eigenvalue weighted by Crippen LogP contribution is -2.39. The normalized spacial score (nSPS) is 19.8. The van der Waals surface area contributed by atoms with Crippen molar-refractivity contribution in [3.8, 4) is 11.5 Å². The predicted octanol–water partition coefficient (Wildman–Crippen LogP) is 2.36. The van der Waals surface area contributed by atoms with E-state index in [-0.39, 0.29) is 23.0 Å². The Labute approximate surface area is 107 Å². The van der Waals surface area contributed by atoms with E-state index >= 15 is 0 Å². The van der Waals surface area contributed by atoms with Gasteiger partial charge in [0.25, 0.3) is 5.91 Å². The Morgan fingerprint density at radius 2 is 2.22 bits per heavy atom. The molecule has 4 heteroatoms. The van der Waals surface area contributed by atoms with Crippen molar-refractivity contribution in [3.63, 3.8) is 0 Å². The van der Waals surface area contributed by atoms with E-state index in [9.17, 15) is 15.0 Å². The molecule has 2 N–H and O–H groups in total. The first-order chi connectivity index (χ1) is 8.61. The molecule has 2 rings (SSSR count). The SMILES string of the molecule is CCC1CCCN(C(=O)c2ccc(O)cc2O)C1. The third kappa shape index (κ3) is 2.58. The Morgan fingerprint density at radius 3 is 2.89 bits per heavy atom. The molecule has 4 nitrogen and oxygen atoms in total. The van der Waals surface area contributed by atoms with Gasteiger partial charge in [0.2, 0.25) is 0 Å². The van der Waals surface area contributed by atoms with Crippen LogP contribution in [-0.4, -0.2) is 34.1 Å². The molecule has 0 radical (unpaired) electrons. The maximum atomic E-state index is 12.3. The summed E-state index contributed by atoms with van der Waals surface area (Å²) in [5.74, 6) is 0.223. The third-order valence-corrected chi connectivity index (χ3v) is 3.60. The van der Waals surface area contributed by atoms with Crippen molar-refractivity contribution >= 4 is 5.91 Å². The Balaban J connectivity index is 2.15. The molecular formula is C14H19NO3. The van der Waals surface area contributed by atoms with Crippen LogP contribution in [-0.2, 0) is 0 Å². The Morgan fingerprint density at radius 1 is 1.44 bits per heavy atom. The number of amides is 1. The topological polar surface area (TPSA) is 60.8 Å². The van der Waals surface area contributed by atoms with Crippen molar-refractivity contribution in [3.05, 3.63) is 23.8 Å². The molecule has 18 heavy (non-hydrogen) atoms. The monoisotopic (exact) mass is 249 g/mol. The van der Waals surface area contributed by atoms with Gasteiger partial charge in [-0.25, -0.2) is 0 Å². The van der Waals surface area contributed by atoms with Gasteiger partial charge in [0.05, 0.1) is 5.56 Å².